The molecular weight excluding hydrogens is 506 g/mol. The van der Waals surface area contributed by atoms with E-state index < -0.39 is 11.7 Å². The number of aromatic nitrogens is 4. The molecule has 0 bridgehead atoms. The lowest BCUT2D eigenvalue weighted by Crippen LogP contribution is -2.50. The van der Waals surface area contributed by atoms with E-state index in [4.69, 9.17) is 14.9 Å². The number of rotatable bonds is 6. The molecule has 1 aliphatic heterocycles. The van der Waals surface area contributed by atoms with Crippen molar-refractivity contribution in [2.45, 2.75) is 31.6 Å². The average molecular weight is 536 g/mol. The first-order chi connectivity index (χ1) is 19.5. The van der Waals surface area contributed by atoms with Gasteiger partial charge in [-0.3, -0.25) is 4.79 Å². The molecule has 1 N–H and O–H groups in total. The van der Waals surface area contributed by atoms with Crippen LogP contribution in [0.25, 0.3) is 28.0 Å². The first-order valence-corrected chi connectivity index (χ1v) is 13.3. The summed E-state index contributed by atoms with van der Waals surface area (Å²) in [4.78, 5) is 27.0. The van der Waals surface area contributed by atoms with Crippen molar-refractivity contribution in [2.75, 3.05) is 13.1 Å². The minimum Gasteiger partial charge on any atom is -0.445 e. The smallest absolute Gasteiger partial charge is 0.410 e. The van der Waals surface area contributed by atoms with Crippen LogP contribution >= 0.6 is 0 Å². The van der Waals surface area contributed by atoms with Crippen LogP contribution in [0.3, 0.4) is 0 Å². The van der Waals surface area contributed by atoms with Gasteiger partial charge in [-0.2, -0.15) is 10.2 Å². The zero-order valence-electron chi connectivity index (χ0n) is 21.9. The minimum absolute atomic E-state index is 0.0203. The maximum Gasteiger partial charge on any atom is 0.410 e. The van der Waals surface area contributed by atoms with Crippen molar-refractivity contribution in [3.63, 3.8) is 0 Å². The van der Waals surface area contributed by atoms with Gasteiger partial charge in [0.2, 0.25) is 0 Å². The van der Waals surface area contributed by atoms with Gasteiger partial charge in [0.1, 0.15) is 12.3 Å². The minimum atomic E-state index is -1.19. The number of nitrogens with zero attached hydrogens (tertiary/aromatic N) is 5. The molecule has 0 aliphatic carbocycles. The quantitative estimate of drug-likeness (QED) is 0.346. The lowest BCUT2D eigenvalue weighted by atomic mass is 9.91. The monoisotopic (exact) mass is 535 g/mol. The van der Waals surface area contributed by atoms with Gasteiger partial charge in [0.05, 0.1) is 28.9 Å². The highest BCUT2D eigenvalue weighted by Crippen LogP contribution is 2.34. The summed E-state index contributed by atoms with van der Waals surface area (Å²) in [6, 6.07) is 28.3. The van der Waals surface area contributed by atoms with Crippen molar-refractivity contribution in [3.8, 4) is 22.5 Å². The van der Waals surface area contributed by atoms with Crippen molar-refractivity contribution in [3.05, 3.63) is 113 Å². The summed E-state index contributed by atoms with van der Waals surface area (Å²) in [5.74, 6) is 0. The van der Waals surface area contributed by atoms with Crippen LogP contribution in [-0.2, 0) is 17.9 Å². The predicted molar refractivity (Wildman–Crippen MR) is 151 cm³/mol. The number of hydrogen-bond acceptors (Lipinski definition) is 6. The summed E-state index contributed by atoms with van der Waals surface area (Å²) < 4.78 is 8.56. The van der Waals surface area contributed by atoms with E-state index in [-0.39, 0.29) is 18.7 Å². The van der Waals surface area contributed by atoms with Crippen molar-refractivity contribution in [2.24, 2.45) is 0 Å². The maximum atomic E-state index is 12.9. The van der Waals surface area contributed by atoms with Gasteiger partial charge in [0.15, 0.2) is 0 Å². The van der Waals surface area contributed by atoms with E-state index in [9.17, 15) is 14.7 Å². The van der Waals surface area contributed by atoms with Gasteiger partial charge >= 0.3 is 6.09 Å². The van der Waals surface area contributed by atoms with Crippen LogP contribution in [0.5, 0.6) is 0 Å². The van der Waals surface area contributed by atoms with E-state index in [0.29, 0.717) is 31.6 Å². The lowest BCUT2D eigenvalue weighted by molar-refractivity contribution is -0.0361. The summed E-state index contributed by atoms with van der Waals surface area (Å²) in [6.45, 7) is 0.864. The van der Waals surface area contributed by atoms with Gasteiger partial charge in [0.25, 0.3) is 5.56 Å². The molecule has 5 aromatic rings. The standard InChI is InChI=1S/C31H29N5O4/c37-27-15-14-25(28-26-13-7-8-18-35(26)33-29(28)24-11-5-2-6-12-24)32-36(27)22-31(39)16-19-34(20-17-31)30(38)40-21-23-9-3-1-4-10-23/h1-15,18,39H,16-17,19-22H2. The summed E-state index contributed by atoms with van der Waals surface area (Å²) in [5, 5.41) is 20.9. The van der Waals surface area contributed by atoms with Gasteiger partial charge in [-0.25, -0.2) is 14.0 Å². The van der Waals surface area contributed by atoms with Crippen LogP contribution in [0, 0.1) is 0 Å². The Balaban J connectivity index is 1.21. The normalized spacial score (nSPS) is 14.8. The molecule has 2 aromatic carbocycles. The van der Waals surface area contributed by atoms with Gasteiger partial charge in [-0.1, -0.05) is 66.7 Å². The number of aliphatic hydroxyl groups is 1. The maximum absolute atomic E-state index is 12.9. The van der Waals surface area contributed by atoms with E-state index in [2.05, 4.69) is 0 Å². The number of amides is 1. The van der Waals surface area contributed by atoms with Crippen LogP contribution in [0.4, 0.5) is 4.79 Å². The topological polar surface area (TPSA) is 102 Å². The summed E-state index contributed by atoms with van der Waals surface area (Å²) in [5.41, 5.74) is 3.37. The second kappa shape index (κ2) is 10.8. The zero-order chi connectivity index (χ0) is 27.5. The Kier molecular flexibility index (Phi) is 6.88. The zero-order valence-corrected chi connectivity index (χ0v) is 21.9. The first-order valence-electron chi connectivity index (χ1n) is 13.3. The predicted octanol–water partition coefficient (Wildman–Crippen LogP) is 4.39. The molecule has 1 fully saturated rings. The molecule has 9 heteroatoms. The molecule has 202 valence electrons. The average Bonchev–Trinajstić information content (AvgIpc) is 3.38. The number of fused-ring (bicyclic) bond motifs is 1. The van der Waals surface area contributed by atoms with Gasteiger partial charge in [-0.15, -0.1) is 0 Å². The van der Waals surface area contributed by atoms with Crippen LogP contribution in [0.2, 0.25) is 0 Å². The summed E-state index contributed by atoms with van der Waals surface area (Å²) in [6.07, 6.45) is 2.07. The Hall–Kier alpha value is -4.76. The van der Waals surface area contributed by atoms with E-state index in [1.54, 1.807) is 15.5 Å². The first kappa shape index (κ1) is 25.5. The molecule has 1 amide bonds. The SMILES string of the molecule is O=C(OCc1ccccc1)N1CCC(O)(Cn2nc(-c3c(-c4ccccc4)nn4ccccc34)ccc2=O)CC1. The number of ether oxygens (including phenoxy) is 1. The Morgan fingerprint density at radius 2 is 1.57 bits per heavy atom. The third kappa shape index (κ3) is 5.23. The third-order valence-corrected chi connectivity index (χ3v) is 7.31. The summed E-state index contributed by atoms with van der Waals surface area (Å²) in [7, 11) is 0. The van der Waals surface area contributed by atoms with Gasteiger partial charge < -0.3 is 14.7 Å². The Labute approximate surface area is 230 Å². The Bertz CT molecular complexity index is 1690. The van der Waals surface area contributed by atoms with E-state index in [0.717, 1.165) is 27.9 Å². The molecule has 0 atom stereocenters. The Morgan fingerprint density at radius 3 is 2.33 bits per heavy atom. The van der Waals surface area contributed by atoms with Crippen molar-refractivity contribution >= 4 is 11.6 Å². The molecular formula is C31H29N5O4. The van der Waals surface area contributed by atoms with Crippen LogP contribution in [0.15, 0.2) is 102 Å². The highest BCUT2D eigenvalue weighted by Gasteiger charge is 2.35. The molecule has 9 nitrogen and oxygen atoms in total. The van der Waals surface area contributed by atoms with Gasteiger partial charge in [-0.05, 0) is 36.6 Å². The molecule has 0 spiro atoms. The number of piperidine rings is 1. The molecule has 1 saturated heterocycles. The number of hydrogen-bond donors (Lipinski definition) is 1. The fraction of sp³-hybridized carbons (Fsp3) is 0.226. The number of likely N-dealkylation sites (tertiary alicyclic amines) is 1. The number of carbonyl (C=O) groups is 1. The molecule has 0 saturated carbocycles. The van der Waals surface area contributed by atoms with Crippen molar-refractivity contribution < 1.29 is 14.6 Å². The lowest BCUT2D eigenvalue weighted by Gasteiger charge is -2.37. The van der Waals surface area contributed by atoms with E-state index >= 15 is 0 Å². The second-order valence-electron chi connectivity index (χ2n) is 10.1. The molecule has 4 heterocycles. The van der Waals surface area contributed by atoms with Gasteiger partial charge in [0, 0.05) is 30.9 Å². The number of carbonyl (C=O) groups excluding carboxylic acids is 1. The molecule has 0 unspecified atom stereocenters. The summed E-state index contributed by atoms with van der Waals surface area (Å²) >= 11 is 0. The third-order valence-electron chi connectivity index (χ3n) is 7.31. The molecule has 0 radical (unpaired) electrons. The molecule has 40 heavy (non-hydrogen) atoms. The fourth-order valence-corrected chi connectivity index (χ4v) is 5.10. The highest BCUT2D eigenvalue weighted by atomic mass is 16.6. The molecule has 1 aliphatic rings. The van der Waals surface area contributed by atoms with Crippen molar-refractivity contribution in [1.29, 1.82) is 0 Å². The van der Waals surface area contributed by atoms with Crippen molar-refractivity contribution in [1.82, 2.24) is 24.3 Å². The molecule has 6 rings (SSSR count). The van der Waals surface area contributed by atoms with E-state index in [1.807, 2.05) is 85.1 Å². The number of pyridine rings is 1. The van der Waals surface area contributed by atoms with Crippen LogP contribution in [-0.4, -0.2) is 54.2 Å². The number of benzene rings is 2. The van der Waals surface area contributed by atoms with E-state index in [1.165, 1.54) is 10.7 Å². The Morgan fingerprint density at radius 1 is 0.875 bits per heavy atom. The highest BCUT2D eigenvalue weighted by molar-refractivity contribution is 5.90. The second-order valence-corrected chi connectivity index (χ2v) is 10.1. The fourth-order valence-electron chi connectivity index (χ4n) is 5.10. The van der Waals surface area contributed by atoms with Crippen LogP contribution < -0.4 is 5.56 Å². The van der Waals surface area contributed by atoms with Crippen LogP contribution in [0.1, 0.15) is 18.4 Å². The molecule has 3 aromatic heterocycles. The largest absolute Gasteiger partial charge is 0.445 e.